The van der Waals surface area contributed by atoms with Crippen LogP contribution in [0.2, 0.25) is 5.02 Å². The van der Waals surface area contributed by atoms with Crippen LogP contribution in [0, 0.1) is 0 Å². The molecule has 0 bridgehead atoms. The van der Waals surface area contributed by atoms with Gasteiger partial charge < -0.3 is 4.42 Å². The van der Waals surface area contributed by atoms with Gasteiger partial charge in [0.2, 0.25) is 0 Å². The van der Waals surface area contributed by atoms with Crippen molar-refractivity contribution in [2.24, 2.45) is 0 Å². The molecular weight excluding hydrogens is 344 g/mol. The van der Waals surface area contributed by atoms with E-state index in [1.54, 1.807) is 6.07 Å². The lowest BCUT2D eigenvalue weighted by molar-refractivity contribution is 0.563. The van der Waals surface area contributed by atoms with Crippen molar-refractivity contribution < 1.29 is 4.42 Å². The van der Waals surface area contributed by atoms with E-state index in [1.807, 2.05) is 84.9 Å². The zero-order chi connectivity index (χ0) is 17.9. The summed E-state index contributed by atoms with van der Waals surface area (Å²) >= 11 is 5.90. The summed E-state index contributed by atoms with van der Waals surface area (Å²) in [4.78, 5) is 12.3. The lowest BCUT2D eigenvalue weighted by Crippen LogP contribution is -2.02. The fourth-order valence-corrected chi connectivity index (χ4v) is 2.93. The van der Waals surface area contributed by atoms with E-state index in [4.69, 9.17) is 16.0 Å². The van der Waals surface area contributed by atoms with Crippen LogP contribution in [0.25, 0.3) is 34.2 Å². The number of hydrogen-bond donors (Lipinski definition) is 0. The Balaban J connectivity index is 1.62. The highest BCUT2D eigenvalue weighted by molar-refractivity contribution is 6.30. The topological polar surface area (TPSA) is 30.2 Å². The van der Waals surface area contributed by atoms with Gasteiger partial charge in [0.05, 0.1) is 5.56 Å². The van der Waals surface area contributed by atoms with E-state index in [9.17, 15) is 4.79 Å². The quantitative estimate of drug-likeness (QED) is 0.318. The molecule has 0 unspecified atom stereocenters. The van der Waals surface area contributed by atoms with Crippen molar-refractivity contribution in [2.75, 3.05) is 0 Å². The number of para-hydroxylation sites is 1. The molecule has 0 fully saturated rings. The van der Waals surface area contributed by atoms with Crippen LogP contribution in [-0.4, -0.2) is 0 Å². The fraction of sp³-hybridized carbons (Fsp3) is 0. The van der Waals surface area contributed by atoms with Crippen molar-refractivity contribution in [2.45, 2.75) is 0 Å². The number of fused-ring (bicyclic) bond motifs is 1. The SMILES string of the molecule is O=c1oc2ccccc2cc1-c1ccc(/C=C/c2ccc(Cl)cc2)cc1. The molecule has 0 spiro atoms. The van der Waals surface area contributed by atoms with Crippen LogP contribution in [0.4, 0.5) is 0 Å². The molecule has 26 heavy (non-hydrogen) atoms. The summed E-state index contributed by atoms with van der Waals surface area (Å²) in [6.45, 7) is 0. The van der Waals surface area contributed by atoms with E-state index in [0.717, 1.165) is 27.1 Å². The maximum absolute atomic E-state index is 12.3. The predicted octanol–water partition coefficient (Wildman–Crippen LogP) is 6.28. The molecule has 0 N–H and O–H groups in total. The molecule has 2 nitrogen and oxygen atoms in total. The average Bonchev–Trinajstić information content (AvgIpc) is 2.67. The number of benzene rings is 3. The van der Waals surface area contributed by atoms with Gasteiger partial charge in [0.25, 0.3) is 0 Å². The third kappa shape index (κ3) is 3.46. The minimum absolute atomic E-state index is 0.326. The van der Waals surface area contributed by atoms with Gasteiger partial charge in [-0.25, -0.2) is 4.79 Å². The Morgan fingerprint density at radius 1 is 0.769 bits per heavy atom. The molecule has 0 amide bonds. The second-order valence-electron chi connectivity index (χ2n) is 5.99. The second kappa shape index (κ2) is 7.03. The van der Waals surface area contributed by atoms with Crippen molar-refractivity contribution in [3.05, 3.63) is 105 Å². The maximum atomic E-state index is 12.3. The number of halogens is 1. The van der Waals surface area contributed by atoms with Crippen molar-refractivity contribution in [1.82, 2.24) is 0 Å². The molecule has 0 aliphatic heterocycles. The van der Waals surface area contributed by atoms with Gasteiger partial charge in [-0.1, -0.05) is 78.4 Å². The average molecular weight is 359 g/mol. The minimum Gasteiger partial charge on any atom is -0.422 e. The van der Waals surface area contributed by atoms with Gasteiger partial charge in [-0.15, -0.1) is 0 Å². The van der Waals surface area contributed by atoms with Gasteiger partial charge in [0, 0.05) is 10.4 Å². The normalized spacial score (nSPS) is 11.3. The monoisotopic (exact) mass is 358 g/mol. The van der Waals surface area contributed by atoms with Crippen LogP contribution < -0.4 is 5.63 Å². The third-order valence-electron chi connectivity index (χ3n) is 4.20. The summed E-state index contributed by atoms with van der Waals surface area (Å²) in [6.07, 6.45) is 4.05. The summed E-state index contributed by atoms with van der Waals surface area (Å²) in [5.74, 6) is 0. The van der Waals surface area contributed by atoms with Crippen molar-refractivity contribution in [3.63, 3.8) is 0 Å². The molecule has 3 aromatic carbocycles. The van der Waals surface area contributed by atoms with Gasteiger partial charge in [-0.3, -0.25) is 0 Å². The number of rotatable bonds is 3. The molecule has 0 saturated carbocycles. The van der Waals surface area contributed by atoms with Gasteiger partial charge in [-0.2, -0.15) is 0 Å². The van der Waals surface area contributed by atoms with E-state index in [-0.39, 0.29) is 5.63 Å². The summed E-state index contributed by atoms with van der Waals surface area (Å²) < 4.78 is 5.41. The van der Waals surface area contributed by atoms with Gasteiger partial charge >= 0.3 is 5.63 Å². The first-order chi connectivity index (χ1) is 12.7. The Hall–Kier alpha value is -3.10. The molecular formula is C23H15ClO2. The largest absolute Gasteiger partial charge is 0.422 e. The summed E-state index contributed by atoms with van der Waals surface area (Å²) in [5.41, 5.74) is 3.81. The van der Waals surface area contributed by atoms with Crippen LogP contribution in [0.1, 0.15) is 11.1 Å². The summed E-state index contributed by atoms with van der Waals surface area (Å²) in [6, 6.07) is 24.9. The van der Waals surface area contributed by atoms with Gasteiger partial charge in [-0.05, 0) is 41.0 Å². The zero-order valence-corrected chi connectivity index (χ0v) is 14.6. The van der Waals surface area contributed by atoms with Crippen LogP contribution in [0.15, 0.2) is 88.1 Å². The Kier molecular flexibility index (Phi) is 4.42. The first-order valence-corrected chi connectivity index (χ1v) is 8.64. The minimum atomic E-state index is -0.326. The lowest BCUT2D eigenvalue weighted by atomic mass is 10.0. The van der Waals surface area contributed by atoms with Crippen molar-refractivity contribution >= 4 is 34.7 Å². The van der Waals surface area contributed by atoms with Crippen LogP contribution >= 0.6 is 11.6 Å². The highest BCUT2D eigenvalue weighted by Crippen LogP contribution is 2.22. The molecule has 0 saturated heterocycles. The standard InChI is InChI=1S/C23H15ClO2/c24-20-13-9-17(10-14-20)6-5-16-7-11-18(12-8-16)21-15-19-3-1-2-4-22(19)26-23(21)25/h1-15H/b6-5+. The van der Waals surface area contributed by atoms with E-state index in [1.165, 1.54) is 0 Å². The van der Waals surface area contributed by atoms with Crippen molar-refractivity contribution in [1.29, 1.82) is 0 Å². The van der Waals surface area contributed by atoms with E-state index < -0.39 is 0 Å². The van der Waals surface area contributed by atoms with Gasteiger partial charge in [0.15, 0.2) is 0 Å². The molecule has 1 heterocycles. The van der Waals surface area contributed by atoms with Crippen molar-refractivity contribution in [3.8, 4) is 11.1 Å². The fourth-order valence-electron chi connectivity index (χ4n) is 2.80. The molecule has 0 atom stereocenters. The van der Waals surface area contributed by atoms with E-state index >= 15 is 0 Å². The smallest absolute Gasteiger partial charge is 0.344 e. The third-order valence-corrected chi connectivity index (χ3v) is 4.45. The summed E-state index contributed by atoms with van der Waals surface area (Å²) in [5, 5.41) is 1.63. The van der Waals surface area contributed by atoms with Crippen LogP contribution in [-0.2, 0) is 0 Å². The molecule has 3 heteroatoms. The second-order valence-corrected chi connectivity index (χ2v) is 6.43. The first kappa shape index (κ1) is 16.4. The summed E-state index contributed by atoms with van der Waals surface area (Å²) in [7, 11) is 0. The molecule has 0 aliphatic rings. The Labute approximate surface area is 156 Å². The van der Waals surface area contributed by atoms with Gasteiger partial charge in [0.1, 0.15) is 5.58 Å². The van der Waals surface area contributed by atoms with E-state index in [0.29, 0.717) is 11.1 Å². The van der Waals surface area contributed by atoms with Crippen LogP contribution in [0.5, 0.6) is 0 Å². The maximum Gasteiger partial charge on any atom is 0.344 e. The highest BCUT2D eigenvalue weighted by Gasteiger charge is 2.07. The molecule has 0 radical (unpaired) electrons. The Morgan fingerprint density at radius 2 is 1.38 bits per heavy atom. The Morgan fingerprint density at radius 3 is 2.08 bits per heavy atom. The molecule has 4 aromatic rings. The highest BCUT2D eigenvalue weighted by atomic mass is 35.5. The molecule has 1 aromatic heterocycles. The molecule has 4 rings (SSSR count). The zero-order valence-electron chi connectivity index (χ0n) is 13.9. The molecule has 0 aliphatic carbocycles. The lowest BCUT2D eigenvalue weighted by Gasteiger charge is -2.03. The number of hydrogen-bond acceptors (Lipinski definition) is 2. The predicted molar refractivity (Wildman–Crippen MR) is 108 cm³/mol. The molecule has 126 valence electrons. The van der Waals surface area contributed by atoms with Crippen LogP contribution in [0.3, 0.4) is 0 Å². The van der Waals surface area contributed by atoms with E-state index in [2.05, 4.69) is 0 Å². The Bertz CT molecular complexity index is 1140. The first-order valence-electron chi connectivity index (χ1n) is 8.26.